The summed E-state index contributed by atoms with van der Waals surface area (Å²) >= 11 is 0. The van der Waals surface area contributed by atoms with Crippen LogP contribution in [0.3, 0.4) is 0 Å². The van der Waals surface area contributed by atoms with Crippen molar-refractivity contribution in [3.63, 3.8) is 0 Å². The number of Topliss-reactive ketones (excluding diaryl/α,β-unsaturated/α-hetero) is 1. The molecule has 0 aliphatic heterocycles. The van der Waals surface area contributed by atoms with Crippen molar-refractivity contribution < 1.29 is 39.1 Å². The van der Waals surface area contributed by atoms with Crippen LogP contribution in [0.25, 0.3) is 0 Å². The van der Waals surface area contributed by atoms with Crippen molar-refractivity contribution in [1.29, 1.82) is 0 Å². The zero-order chi connectivity index (χ0) is 16.4. The Kier molecular flexibility index (Phi) is 5.48. The van der Waals surface area contributed by atoms with E-state index in [1.54, 1.807) is 19.1 Å². The van der Waals surface area contributed by atoms with Gasteiger partial charge in [-0.15, -0.1) is 0 Å². The molecule has 0 unspecified atom stereocenters. The van der Waals surface area contributed by atoms with Gasteiger partial charge in [-0.1, -0.05) is 24.3 Å². The number of halogens is 2. The van der Waals surface area contributed by atoms with Gasteiger partial charge in [0.2, 0.25) is 0 Å². The Bertz CT molecular complexity index is 502. The lowest BCUT2D eigenvalue weighted by molar-refractivity contribution is -0.287. The van der Waals surface area contributed by atoms with Crippen LogP contribution in [-0.4, -0.2) is 61.8 Å². The first-order chi connectivity index (χ1) is 9.57. The summed E-state index contributed by atoms with van der Waals surface area (Å²) in [6, 6.07) is 6.02. The number of hydrogen-bond acceptors (Lipinski definition) is 6. The van der Waals surface area contributed by atoms with Crippen molar-refractivity contribution in [2.24, 2.45) is 0 Å². The van der Waals surface area contributed by atoms with Crippen LogP contribution >= 0.6 is 0 Å². The molecular weight excluding hydrogens is 290 g/mol. The fraction of sp³-hybridized carbons (Fsp3) is 0.462. The molecule has 5 N–H and O–H groups in total. The van der Waals surface area contributed by atoms with E-state index in [-0.39, 0.29) is 5.56 Å². The first kappa shape index (κ1) is 17.6. The first-order valence-electron chi connectivity index (χ1n) is 5.99. The average Bonchev–Trinajstić information content (AvgIpc) is 2.42. The van der Waals surface area contributed by atoms with Crippen LogP contribution in [0, 0.1) is 6.92 Å². The maximum Gasteiger partial charge on any atom is 0.381 e. The minimum atomic E-state index is -4.69. The fourth-order valence-electron chi connectivity index (χ4n) is 1.74. The molecular formula is C13H16F2O6. The van der Waals surface area contributed by atoms with E-state index in [4.69, 9.17) is 10.2 Å². The third-order valence-electron chi connectivity index (χ3n) is 3.03. The third-order valence-corrected chi connectivity index (χ3v) is 3.03. The van der Waals surface area contributed by atoms with Crippen LogP contribution in [0.15, 0.2) is 24.3 Å². The Morgan fingerprint density at radius 3 is 2.10 bits per heavy atom. The van der Waals surface area contributed by atoms with Gasteiger partial charge in [-0.2, -0.15) is 8.78 Å². The van der Waals surface area contributed by atoms with Crippen LogP contribution < -0.4 is 0 Å². The van der Waals surface area contributed by atoms with Crippen LogP contribution in [0.1, 0.15) is 15.9 Å². The van der Waals surface area contributed by atoms with E-state index < -0.39 is 36.3 Å². The van der Waals surface area contributed by atoms with Gasteiger partial charge in [-0.25, -0.2) is 0 Å². The number of aryl methyl sites for hydroxylation is 1. The molecule has 0 aromatic heterocycles. The highest BCUT2D eigenvalue weighted by atomic mass is 19.3. The van der Waals surface area contributed by atoms with Gasteiger partial charge >= 0.3 is 6.11 Å². The summed E-state index contributed by atoms with van der Waals surface area (Å²) in [6.07, 6.45) is -15.0. The Morgan fingerprint density at radius 1 is 1.10 bits per heavy atom. The minimum Gasteiger partial charge on any atom is -0.387 e. The lowest BCUT2D eigenvalue weighted by atomic mass is 9.94. The van der Waals surface area contributed by atoms with E-state index >= 15 is 0 Å². The summed E-state index contributed by atoms with van der Waals surface area (Å²) in [5.41, 5.74) is 0.498. The molecule has 0 bridgehead atoms. The van der Waals surface area contributed by atoms with Crippen LogP contribution in [0.4, 0.5) is 8.78 Å². The van der Waals surface area contributed by atoms with Crippen molar-refractivity contribution in [2.45, 2.75) is 37.4 Å². The summed E-state index contributed by atoms with van der Waals surface area (Å²) in [6.45, 7) is 1.56. The van der Waals surface area contributed by atoms with Gasteiger partial charge < -0.3 is 25.5 Å². The third kappa shape index (κ3) is 4.02. The van der Waals surface area contributed by atoms with E-state index in [2.05, 4.69) is 0 Å². The topological polar surface area (TPSA) is 118 Å². The van der Waals surface area contributed by atoms with Gasteiger partial charge in [-0.3, -0.25) is 4.79 Å². The standard InChI is InChI=1S/C13H16F2O6/c1-6-4-2-3-5-7(6)8(16)9(17)10(18)11(19)12(20)13(14,15)21/h2-5,9-12,17-21H,1H3/t9-,10+,11+,12-/m0/s1. The quantitative estimate of drug-likeness (QED) is 0.439. The molecule has 118 valence electrons. The fourth-order valence-corrected chi connectivity index (χ4v) is 1.74. The first-order valence-corrected chi connectivity index (χ1v) is 5.99. The van der Waals surface area contributed by atoms with Crippen molar-refractivity contribution >= 4 is 5.78 Å². The molecule has 21 heavy (non-hydrogen) atoms. The van der Waals surface area contributed by atoms with Crippen molar-refractivity contribution in [3.8, 4) is 0 Å². The number of ketones is 1. The highest BCUT2D eigenvalue weighted by Crippen LogP contribution is 2.21. The zero-order valence-electron chi connectivity index (χ0n) is 11.0. The maximum absolute atomic E-state index is 12.4. The number of rotatable bonds is 6. The number of alkyl halides is 2. The average molecular weight is 306 g/mol. The number of hydrogen-bond donors (Lipinski definition) is 5. The molecule has 0 heterocycles. The molecule has 8 heteroatoms. The smallest absolute Gasteiger partial charge is 0.381 e. The zero-order valence-corrected chi connectivity index (χ0v) is 11.0. The minimum absolute atomic E-state index is 0.0292. The predicted molar refractivity (Wildman–Crippen MR) is 66.7 cm³/mol. The highest BCUT2D eigenvalue weighted by molar-refractivity contribution is 6.00. The molecule has 4 atom stereocenters. The van der Waals surface area contributed by atoms with Crippen molar-refractivity contribution in [2.75, 3.05) is 0 Å². The normalized spacial score (nSPS) is 17.9. The molecule has 0 aliphatic rings. The number of aliphatic hydroxyl groups excluding tert-OH is 4. The van der Waals surface area contributed by atoms with E-state index in [0.29, 0.717) is 5.56 Å². The molecule has 6 nitrogen and oxygen atoms in total. The van der Waals surface area contributed by atoms with Gasteiger partial charge in [0.1, 0.15) is 18.3 Å². The second-order valence-corrected chi connectivity index (χ2v) is 4.64. The van der Waals surface area contributed by atoms with Crippen molar-refractivity contribution in [1.82, 2.24) is 0 Å². The largest absolute Gasteiger partial charge is 0.387 e. The van der Waals surface area contributed by atoms with Crippen molar-refractivity contribution in [3.05, 3.63) is 35.4 Å². The SMILES string of the molecule is Cc1ccccc1C(=O)[C@H](O)[C@@H](O)[C@@H](O)[C@H](O)C(O)(F)F. The van der Waals surface area contributed by atoms with Gasteiger partial charge in [-0.05, 0) is 12.5 Å². The molecule has 0 amide bonds. The molecule has 0 saturated carbocycles. The molecule has 0 aliphatic carbocycles. The molecule has 0 spiro atoms. The van der Waals surface area contributed by atoms with Crippen LogP contribution in [-0.2, 0) is 0 Å². The van der Waals surface area contributed by atoms with Gasteiger partial charge in [0.25, 0.3) is 0 Å². The molecule has 0 saturated heterocycles. The lowest BCUT2D eigenvalue weighted by Gasteiger charge is -2.28. The Labute approximate surface area is 118 Å². The molecule has 1 rings (SSSR count). The lowest BCUT2D eigenvalue weighted by Crippen LogP contribution is -2.53. The van der Waals surface area contributed by atoms with E-state index in [9.17, 15) is 28.9 Å². The Hall–Kier alpha value is -1.45. The number of carbonyl (C=O) groups is 1. The molecule has 0 fully saturated rings. The monoisotopic (exact) mass is 306 g/mol. The second-order valence-electron chi connectivity index (χ2n) is 4.64. The van der Waals surface area contributed by atoms with Crippen LogP contribution in [0.2, 0.25) is 0 Å². The predicted octanol–water partition coefficient (Wildman–Crippen LogP) is -0.794. The maximum atomic E-state index is 12.4. The summed E-state index contributed by atoms with van der Waals surface area (Å²) in [7, 11) is 0. The Balaban J connectivity index is 2.90. The number of benzene rings is 1. The van der Waals surface area contributed by atoms with Gasteiger partial charge in [0, 0.05) is 5.56 Å². The second kappa shape index (κ2) is 6.54. The summed E-state index contributed by atoms with van der Waals surface area (Å²) < 4.78 is 24.9. The summed E-state index contributed by atoms with van der Waals surface area (Å²) in [5.74, 6) is -1.01. The molecule has 1 aromatic rings. The van der Waals surface area contributed by atoms with E-state index in [1.807, 2.05) is 0 Å². The number of aliphatic hydroxyl groups is 5. The summed E-state index contributed by atoms with van der Waals surface area (Å²) in [4.78, 5) is 11.9. The van der Waals surface area contributed by atoms with E-state index in [1.165, 1.54) is 12.1 Å². The van der Waals surface area contributed by atoms with Crippen LogP contribution in [0.5, 0.6) is 0 Å². The van der Waals surface area contributed by atoms with Gasteiger partial charge in [0.05, 0.1) is 0 Å². The molecule has 1 aromatic carbocycles. The highest BCUT2D eigenvalue weighted by Gasteiger charge is 2.46. The summed E-state index contributed by atoms with van der Waals surface area (Å²) in [5, 5.41) is 45.7. The molecule has 0 radical (unpaired) electrons. The Morgan fingerprint density at radius 2 is 1.62 bits per heavy atom. The van der Waals surface area contributed by atoms with Gasteiger partial charge in [0.15, 0.2) is 11.9 Å². The number of carbonyl (C=O) groups excluding carboxylic acids is 1. The van der Waals surface area contributed by atoms with E-state index in [0.717, 1.165) is 0 Å².